The van der Waals surface area contributed by atoms with Crippen LogP contribution >= 0.6 is 27.5 Å². The molecule has 0 aliphatic rings. The van der Waals surface area contributed by atoms with E-state index in [9.17, 15) is 0 Å². The topological polar surface area (TPSA) is 21.3 Å². The van der Waals surface area contributed by atoms with Crippen molar-refractivity contribution in [1.82, 2.24) is 5.32 Å². The van der Waals surface area contributed by atoms with E-state index in [0.29, 0.717) is 0 Å². The maximum atomic E-state index is 5.90. The molecule has 2 nitrogen and oxygen atoms in total. The molecule has 1 N–H and O–H groups in total. The Labute approximate surface area is 104 Å². The predicted octanol–water partition coefficient (Wildman–Crippen LogP) is 3.23. The van der Waals surface area contributed by atoms with Crippen LogP contribution in [-0.2, 0) is 11.3 Å². The van der Waals surface area contributed by atoms with E-state index in [1.54, 1.807) is 7.11 Å². The Morgan fingerprint density at radius 2 is 2.27 bits per heavy atom. The minimum absolute atomic E-state index is 0.237. The van der Waals surface area contributed by atoms with Crippen LogP contribution in [0.1, 0.15) is 12.5 Å². The van der Waals surface area contributed by atoms with Crippen molar-refractivity contribution in [3.05, 3.63) is 33.3 Å². The second-order valence-corrected chi connectivity index (χ2v) is 4.69. The molecule has 0 aromatic heterocycles. The molecule has 15 heavy (non-hydrogen) atoms. The van der Waals surface area contributed by atoms with Crippen molar-refractivity contribution in [2.24, 2.45) is 0 Å². The third-order valence-corrected chi connectivity index (χ3v) is 3.36. The van der Waals surface area contributed by atoms with Gasteiger partial charge in [0.05, 0.1) is 11.1 Å². The highest BCUT2D eigenvalue weighted by Gasteiger charge is 2.01. The SMILES string of the molecule is COC(C)CNCc1ccc(Cl)c(Br)c1. The Bertz CT molecular complexity index is 319. The van der Waals surface area contributed by atoms with E-state index in [1.165, 1.54) is 5.56 Å². The molecule has 0 bridgehead atoms. The van der Waals surface area contributed by atoms with Crippen molar-refractivity contribution < 1.29 is 4.74 Å². The van der Waals surface area contributed by atoms with Crippen molar-refractivity contribution >= 4 is 27.5 Å². The highest BCUT2D eigenvalue weighted by molar-refractivity contribution is 9.10. The predicted molar refractivity (Wildman–Crippen MR) is 67.3 cm³/mol. The molecular formula is C11H15BrClNO. The molecule has 0 spiro atoms. The van der Waals surface area contributed by atoms with Crippen molar-refractivity contribution in [3.8, 4) is 0 Å². The molecule has 0 heterocycles. The molecule has 0 radical (unpaired) electrons. The molecule has 1 rings (SSSR count). The maximum Gasteiger partial charge on any atom is 0.0667 e. The first-order valence-electron chi connectivity index (χ1n) is 4.81. The minimum atomic E-state index is 0.237. The van der Waals surface area contributed by atoms with Gasteiger partial charge in [0.2, 0.25) is 0 Å². The molecule has 1 aromatic carbocycles. The van der Waals surface area contributed by atoms with Gasteiger partial charge in [0.25, 0.3) is 0 Å². The lowest BCUT2D eigenvalue weighted by Crippen LogP contribution is -2.25. The molecule has 1 aromatic rings. The monoisotopic (exact) mass is 291 g/mol. The standard InChI is InChI=1S/C11H15BrClNO/c1-8(15-2)6-14-7-9-3-4-11(13)10(12)5-9/h3-5,8,14H,6-7H2,1-2H3. The Balaban J connectivity index is 2.41. The summed E-state index contributed by atoms with van der Waals surface area (Å²) in [5.74, 6) is 0. The quantitative estimate of drug-likeness (QED) is 0.900. The minimum Gasteiger partial charge on any atom is -0.380 e. The second kappa shape index (κ2) is 6.48. The Morgan fingerprint density at radius 1 is 1.53 bits per heavy atom. The van der Waals surface area contributed by atoms with Gasteiger partial charge in [-0.15, -0.1) is 0 Å². The van der Waals surface area contributed by atoms with Crippen LogP contribution in [0.25, 0.3) is 0 Å². The first-order chi connectivity index (χ1) is 7.13. The van der Waals surface area contributed by atoms with Crippen molar-refractivity contribution in [2.45, 2.75) is 19.6 Å². The van der Waals surface area contributed by atoms with E-state index in [2.05, 4.69) is 21.2 Å². The van der Waals surface area contributed by atoms with Gasteiger partial charge >= 0.3 is 0 Å². The molecule has 84 valence electrons. The second-order valence-electron chi connectivity index (χ2n) is 3.43. The van der Waals surface area contributed by atoms with Gasteiger partial charge in [-0.25, -0.2) is 0 Å². The van der Waals surface area contributed by atoms with Crippen molar-refractivity contribution in [1.29, 1.82) is 0 Å². The molecule has 0 saturated heterocycles. The number of methoxy groups -OCH3 is 1. The van der Waals surface area contributed by atoms with E-state index in [4.69, 9.17) is 16.3 Å². The van der Waals surface area contributed by atoms with Crippen LogP contribution in [-0.4, -0.2) is 19.8 Å². The average Bonchev–Trinajstić information content (AvgIpc) is 2.23. The molecule has 0 aliphatic carbocycles. The lowest BCUT2D eigenvalue weighted by atomic mass is 10.2. The molecule has 1 unspecified atom stereocenters. The lowest BCUT2D eigenvalue weighted by Gasteiger charge is -2.10. The third kappa shape index (κ3) is 4.51. The maximum absolute atomic E-state index is 5.90. The van der Waals surface area contributed by atoms with E-state index in [0.717, 1.165) is 22.6 Å². The van der Waals surface area contributed by atoms with Crippen molar-refractivity contribution in [2.75, 3.05) is 13.7 Å². The Kier molecular flexibility index (Phi) is 5.61. The summed E-state index contributed by atoms with van der Waals surface area (Å²) in [4.78, 5) is 0. The van der Waals surface area contributed by atoms with E-state index >= 15 is 0 Å². The van der Waals surface area contributed by atoms with Crippen LogP contribution in [0, 0.1) is 0 Å². The zero-order valence-corrected chi connectivity index (χ0v) is 11.2. The summed E-state index contributed by atoms with van der Waals surface area (Å²) in [7, 11) is 1.71. The summed E-state index contributed by atoms with van der Waals surface area (Å²) >= 11 is 9.30. The molecule has 4 heteroatoms. The Morgan fingerprint density at radius 3 is 2.87 bits per heavy atom. The van der Waals surface area contributed by atoms with Gasteiger partial charge in [0.15, 0.2) is 0 Å². The fraction of sp³-hybridized carbons (Fsp3) is 0.455. The normalized spacial score (nSPS) is 12.8. The number of halogens is 2. The summed E-state index contributed by atoms with van der Waals surface area (Å²) in [5.41, 5.74) is 1.20. The average molecular weight is 293 g/mol. The first kappa shape index (κ1) is 13.0. The molecule has 0 amide bonds. The molecule has 0 aliphatic heterocycles. The number of ether oxygens (including phenoxy) is 1. The first-order valence-corrected chi connectivity index (χ1v) is 5.98. The van der Waals surface area contributed by atoms with E-state index in [1.807, 2.05) is 25.1 Å². The fourth-order valence-corrected chi connectivity index (χ4v) is 1.70. The van der Waals surface area contributed by atoms with Gasteiger partial charge in [-0.05, 0) is 40.5 Å². The van der Waals surface area contributed by atoms with Gasteiger partial charge in [-0.2, -0.15) is 0 Å². The molecule has 0 saturated carbocycles. The zero-order valence-electron chi connectivity index (χ0n) is 8.89. The summed E-state index contributed by atoms with van der Waals surface area (Å²) in [5, 5.41) is 4.05. The highest BCUT2D eigenvalue weighted by Crippen LogP contribution is 2.22. The summed E-state index contributed by atoms with van der Waals surface area (Å²) in [6.07, 6.45) is 0.237. The smallest absolute Gasteiger partial charge is 0.0667 e. The molecule has 1 atom stereocenters. The van der Waals surface area contributed by atoms with Crippen LogP contribution < -0.4 is 5.32 Å². The van der Waals surface area contributed by atoms with Gasteiger partial charge in [0, 0.05) is 24.7 Å². The lowest BCUT2D eigenvalue weighted by molar-refractivity contribution is 0.117. The zero-order chi connectivity index (χ0) is 11.3. The number of hydrogen-bond donors (Lipinski definition) is 1. The molecule has 0 fully saturated rings. The number of hydrogen-bond acceptors (Lipinski definition) is 2. The van der Waals surface area contributed by atoms with Gasteiger partial charge in [-0.3, -0.25) is 0 Å². The number of rotatable bonds is 5. The van der Waals surface area contributed by atoms with Gasteiger partial charge in [-0.1, -0.05) is 17.7 Å². The Hall–Kier alpha value is -0.0900. The highest BCUT2D eigenvalue weighted by atomic mass is 79.9. The largest absolute Gasteiger partial charge is 0.380 e. The van der Waals surface area contributed by atoms with Crippen LogP contribution in [0.15, 0.2) is 22.7 Å². The number of nitrogens with one attached hydrogen (secondary N) is 1. The fourth-order valence-electron chi connectivity index (χ4n) is 1.15. The third-order valence-electron chi connectivity index (χ3n) is 2.15. The van der Waals surface area contributed by atoms with E-state index in [-0.39, 0.29) is 6.10 Å². The van der Waals surface area contributed by atoms with Crippen LogP contribution in [0.2, 0.25) is 5.02 Å². The van der Waals surface area contributed by atoms with Crippen LogP contribution in [0.5, 0.6) is 0 Å². The van der Waals surface area contributed by atoms with Crippen molar-refractivity contribution in [3.63, 3.8) is 0 Å². The van der Waals surface area contributed by atoms with Crippen LogP contribution in [0.3, 0.4) is 0 Å². The van der Waals surface area contributed by atoms with Gasteiger partial charge < -0.3 is 10.1 Å². The van der Waals surface area contributed by atoms with E-state index < -0.39 is 0 Å². The summed E-state index contributed by atoms with van der Waals surface area (Å²) in [6.45, 7) is 3.70. The summed E-state index contributed by atoms with van der Waals surface area (Å²) < 4.78 is 6.07. The van der Waals surface area contributed by atoms with Crippen LogP contribution in [0.4, 0.5) is 0 Å². The summed E-state index contributed by atoms with van der Waals surface area (Å²) in [6, 6.07) is 5.92. The van der Waals surface area contributed by atoms with Gasteiger partial charge in [0.1, 0.15) is 0 Å². The molecular weight excluding hydrogens is 277 g/mol. The number of benzene rings is 1.